The van der Waals surface area contributed by atoms with E-state index >= 15 is 0 Å². The first-order chi connectivity index (χ1) is 24.5. The molecular formula is C46H41N3O2. The number of pyridine rings is 1. The summed E-state index contributed by atoms with van der Waals surface area (Å²) >= 11 is 0. The van der Waals surface area contributed by atoms with Gasteiger partial charge >= 0.3 is 0 Å². The molecule has 8 rings (SSSR count). The molecule has 0 saturated heterocycles. The van der Waals surface area contributed by atoms with Gasteiger partial charge in [0.25, 0.3) is 0 Å². The van der Waals surface area contributed by atoms with E-state index in [1.165, 1.54) is 0 Å². The summed E-state index contributed by atoms with van der Waals surface area (Å²) in [5.41, 5.74) is 12.1. The first kappa shape index (κ1) is 32.3. The fraction of sp³-hybridized carbons (Fsp3) is 0.174. The number of nitrogens with zero attached hydrogens (tertiary/aromatic N) is 3. The third-order valence-electron chi connectivity index (χ3n) is 9.67. The van der Waals surface area contributed by atoms with E-state index in [9.17, 15) is 5.11 Å². The van der Waals surface area contributed by atoms with Crippen LogP contribution < -0.4 is 0 Å². The van der Waals surface area contributed by atoms with Crippen LogP contribution in [0.2, 0.25) is 0 Å². The average molecular weight is 668 g/mol. The number of phenolic OH excluding ortho intramolecular Hbond substituents is 1. The molecule has 0 atom stereocenters. The Morgan fingerprint density at radius 2 is 1.25 bits per heavy atom. The van der Waals surface area contributed by atoms with Crippen molar-refractivity contribution >= 4 is 22.1 Å². The fourth-order valence-corrected chi connectivity index (χ4v) is 6.86. The van der Waals surface area contributed by atoms with Gasteiger partial charge in [0, 0.05) is 28.3 Å². The van der Waals surface area contributed by atoms with Crippen LogP contribution in [-0.2, 0) is 10.8 Å². The molecule has 0 aliphatic carbocycles. The summed E-state index contributed by atoms with van der Waals surface area (Å²) in [6, 6.07) is 43.7. The number of para-hydroxylation sites is 1. The number of aromatic hydroxyl groups is 1. The van der Waals surface area contributed by atoms with Crippen molar-refractivity contribution in [3.8, 4) is 56.2 Å². The standard InChI is InChI=1S/C46H41N3O2/c1-45(2,3)34-27-37(43(50)38(28-34)46(4,5)6)41-44-42(36-19-13-14-20-40(36)51-44)49(48-41)35-24-32(30-17-11-8-12-18-30)23-33(25-35)39-26-31(21-22-47-39)29-15-9-7-10-16-29/h7-28,50H,1-6H3. The smallest absolute Gasteiger partial charge is 0.182 e. The van der Waals surface area contributed by atoms with Gasteiger partial charge in [0.15, 0.2) is 5.58 Å². The highest BCUT2D eigenvalue weighted by molar-refractivity contribution is 6.08. The number of hydrogen-bond donors (Lipinski definition) is 1. The largest absolute Gasteiger partial charge is 0.507 e. The zero-order valence-electron chi connectivity index (χ0n) is 29.9. The van der Waals surface area contributed by atoms with Gasteiger partial charge in [-0.05, 0) is 87.2 Å². The molecule has 0 saturated carbocycles. The minimum Gasteiger partial charge on any atom is -0.507 e. The number of furan rings is 1. The predicted octanol–water partition coefficient (Wildman–Crippen LogP) is 12.1. The zero-order chi connectivity index (χ0) is 35.5. The molecule has 0 fully saturated rings. The van der Waals surface area contributed by atoms with Crippen LogP contribution in [0, 0.1) is 0 Å². The Labute approximate surface area is 298 Å². The summed E-state index contributed by atoms with van der Waals surface area (Å²) in [5, 5.41) is 18.3. The van der Waals surface area contributed by atoms with Gasteiger partial charge in [-0.25, -0.2) is 4.68 Å². The number of fused-ring (bicyclic) bond motifs is 3. The summed E-state index contributed by atoms with van der Waals surface area (Å²) in [6.07, 6.45) is 1.87. The highest BCUT2D eigenvalue weighted by Gasteiger charge is 2.29. The van der Waals surface area contributed by atoms with Gasteiger partial charge in [0.1, 0.15) is 22.5 Å². The van der Waals surface area contributed by atoms with Crippen molar-refractivity contribution in [1.82, 2.24) is 14.8 Å². The van der Waals surface area contributed by atoms with Crippen molar-refractivity contribution < 1.29 is 9.52 Å². The first-order valence-electron chi connectivity index (χ1n) is 17.5. The molecule has 0 bridgehead atoms. The van der Waals surface area contributed by atoms with Crippen molar-refractivity contribution in [2.75, 3.05) is 0 Å². The second-order valence-electron chi connectivity index (χ2n) is 15.4. The quantitative estimate of drug-likeness (QED) is 0.198. The van der Waals surface area contributed by atoms with Crippen molar-refractivity contribution in [3.63, 3.8) is 0 Å². The Morgan fingerprint density at radius 1 is 0.608 bits per heavy atom. The molecule has 0 spiro atoms. The molecule has 252 valence electrons. The van der Waals surface area contributed by atoms with Gasteiger partial charge in [-0.1, -0.05) is 120 Å². The van der Waals surface area contributed by atoms with Crippen molar-refractivity contribution in [3.05, 3.63) is 145 Å². The molecule has 0 radical (unpaired) electrons. The van der Waals surface area contributed by atoms with Gasteiger partial charge in [-0.2, -0.15) is 5.10 Å². The topological polar surface area (TPSA) is 64.1 Å². The lowest BCUT2D eigenvalue weighted by atomic mass is 9.78. The molecule has 5 heteroatoms. The Hall–Kier alpha value is -5.94. The number of rotatable bonds is 5. The summed E-state index contributed by atoms with van der Waals surface area (Å²) in [7, 11) is 0. The monoisotopic (exact) mass is 667 g/mol. The van der Waals surface area contributed by atoms with E-state index in [1.54, 1.807) is 0 Å². The number of benzene rings is 5. The summed E-state index contributed by atoms with van der Waals surface area (Å²) < 4.78 is 8.61. The number of phenols is 1. The molecule has 5 aromatic carbocycles. The maximum atomic E-state index is 12.0. The van der Waals surface area contributed by atoms with Crippen LogP contribution in [0.15, 0.2) is 138 Å². The molecule has 3 heterocycles. The van der Waals surface area contributed by atoms with E-state index in [2.05, 4.69) is 133 Å². The van der Waals surface area contributed by atoms with Gasteiger partial charge in [-0.15, -0.1) is 0 Å². The molecule has 0 amide bonds. The molecular weight excluding hydrogens is 627 g/mol. The third kappa shape index (κ3) is 5.89. The minimum atomic E-state index is -0.296. The lowest BCUT2D eigenvalue weighted by Gasteiger charge is -2.27. The number of hydrogen-bond acceptors (Lipinski definition) is 4. The molecule has 0 unspecified atom stereocenters. The SMILES string of the molecule is CC(C)(C)c1cc(-c2nn(-c3cc(-c4ccccc4)cc(-c4cc(-c5ccccc5)ccn4)c3)c3c2oc2ccccc23)c(O)c(C(C)(C)C)c1. The average Bonchev–Trinajstić information content (AvgIpc) is 3.69. The summed E-state index contributed by atoms with van der Waals surface area (Å²) in [5.74, 6) is 0.225. The van der Waals surface area contributed by atoms with Crippen molar-refractivity contribution in [2.45, 2.75) is 52.4 Å². The lowest BCUT2D eigenvalue weighted by Crippen LogP contribution is -2.17. The lowest BCUT2D eigenvalue weighted by molar-refractivity contribution is 0.446. The number of aromatic nitrogens is 3. The highest BCUT2D eigenvalue weighted by atomic mass is 16.3. The minimum absolute atomic E-state index is 0.155. The predicted molar refractivity (Wildman–Crippen MR) is 209 cm³/mol. The van der Waals surface area contributed by atoms with E-state index in [0.29, 0.717) is 16.8 Å². The van der Waals surface area contributed by atoms with Gasteiger partial charge in [-0.3, -0.25) is 4.98 Å². The fourth-order valence-electron chi connectivity index (χ4n) is 6.86. The van der Waals surface area contributed by atoms with E-state index in [-0.39, 0.29) is 16.6 Å². The molecule has 51 heavy (non-hydrogen) atoms. The van der Waals surface area contributed by atoms with Crippen molar-refractivity contribution in [2.24, 2.45) is 0 Å². The first-order valence-corrected chi connectivity index (χ1v) is 17.5. The zero-order valence-corrected chi connectivity index (χ0v) is 29.9. The second-order valence-corrected chi connectivity index (χ2v) is 15.4. The van der Waals surface area contributed by atoms with E-state index in [4.69, 9.17) is 14.5 Å². The normalized spacial score (nSPS) is 12.2. The molecule has 3 aromatic heterocycles. The maximum Gasteiger partial charge on any atom is 0.182 e. The van der Waals surface area contributed by atoms with Gasteiger partial charge < -0.3 is 9.52 Å². The van der Waals surface area contributed by atoms with Crippen LogP contribution in [0.3, 0.4) is 0 Å². The third-order valence-corrected chi connectivity index (χ3v) is 9.67. The summed E-state index contributed by atoms with van der Waals surface area (Å²) in [4.78, 5) is 4.86. The van der Waals surface area contributed by atoms with Crippen LogP contribution >= 0.6 is 0 Å². The van der Waals surface area contributed by atoms with Crippen LogP contribution in [0.1, 0.15) is 52.7 Å². The van der Waals surface area contributed by atoms with Gasteiger partial charge in [0.2, 0.25) is 0 Å². The maximum absolute atomic E-state index is 12.0. The van der Waals surface area contributed by atoms with Crippen LogP contribution in [0.25, 0.3) is 72.5 Å². The molecule has 8 aromatic rings. The van der Waals surface area contributed by atoms with Gasteiger partial charge in [0.05, 0.1) is 11.4 Å². The van der Waals surface area contributed by atoms with Crippen molar-refractivity contribution in [1.29, 1.82) is 0 Å². The Morgan fingerprint density at radius 3 is 1.94 bits per heavy atom. The van der Waals surface area contributed by atoms with Crippen LogP contribution in [0.4, 0.5) is 0 Å². The van der Waals surface area contributed by atoms with E-state index in [0.717, 1.165) is 66.8 Å². The molecule has 1 N–H and O–H groups in total. The highest BCUT2D eigenvalue weighted by Crippen LogP contribution is 2.46. The van der Waals surface area contributed by atoms with E-state index in [1.807, 2.05) is 47.3 Å². The Bertz CT molecular complexity index is 2550. The Kier molecular flexibility index (Phi) is 7.68. The second kappa shape index (κ2) is 12.1. The Balaban J connectivity index is 1.42. The molecule has 0 aliphatic rings. The molecule has 5 nitrogen and oxygen atoms in total. The summed E-state index contributed by atoms with van der Waals surface area (Å²) in [6.45, 7) is 13.0. The van der Waals surface area contributed by atoms with Crippen LogP contribution in [0.5, 0.6) is 5.75 Å². The molecule has 0 aliphatic heterocycles. The van der Waals surface area contributed by atoms with Crippen LogP contribution in [-0.4, -0.2) is 19.9 Å². The van der Waals surface area contributed by atoms with E-state index < -0.39 is 0 Å².